The van der Waals surface area contributed by atoms with Crippen molar-refractivity contribution in [3.05, 3.63) is 66.2 Å². The molecule has 2 aromatic carbocycles. The highest BCUT2D eigenvalue weighted by Gasteiger charge is 2.29. The number of hydrogen-bond donors (Lipinski definition) is 0. The summed E-state index contributed by atoms with van der Waals surface area (Å²) >= 11 is 1.33. The molecule has 1 saturated heterocycles. The molecule has 1 aliphatic heterocycles. The van der Waals surface area contributed by atoms with Crippen molar-refractivity contribution in [3.8, 4) is 11.5 Å². The second kappa shape index (κ2) is 8.39. The Bertz CT molecular complexity index is 877. The molecule has 1 aromatic heterocycles. The molecule has 0 N–H and O–H groups in total. The lowest BCUT2D eigenvalue weighted by Gasteiger charge is -2.29. The van der Waals surface area contributed by atoms with Gasteiger partial charge in [-0.05, 0) is 48.7 Å². The van der Waals surface area contributed by atoms with E-state index in [0.717, 1.165) is 37.1 Å². The van der Waals surface area contributed by atoms with Crippen LogP contribution >= 0.6 is 11.8 Å². The number of thioether (sulfide) groups is 1. The van der Waals surface area contributed by atoms with Crippen LogP contribution in [0.3, 0.4) is 0 Å². The van der Waals surface area contributed by atoms with E-state index in [1.54, 1.807) is 0 Å². The molecule has 27 heavy (non-hydrogen) atoms. The first-order chi connectivity index (χ1) is 13.3. The Hall–Kier alpha value is -2.60. The second-order valence-electron chi connectivity index (χ2n) is 6.53. The van der Waals surface area contributed by atoms with Gasteiger partial charge >= 0.3 is 0 Å². The predicted molar refractivity (Wildman–Crippen MR) is 105 cm³/mol. The molecule has 0 spiro atoms. The number of likely N-dealkylation sites (tertiary alicyclic amines) is 1. The highest BCUT2D eigenvalue weighted by Crippen LogP contribution is 2.37. The number of carbonyl (C=O) groups excluding carboxylic acids is 1. The van der Waals surface area contributed by atoms with E-state index >= 15 is 0 Å². The largest absolute Gasteiger partial charge is 0.411 e. The molecule has 0 unspecified atom stereocenters. The van der Waals surface area contributed by atoms with Crippen LogP contribution in [0.25, 0.3) is 11.5 Å². The maximum atomic E-state index is 13.2. The maximum absolute atomic E-state index is 13.2. The molecule has 1 amide bonds. The molecule has 4 rings (SSSR count). The number of benzene rings is 2. The molecule has 0 bridgehead atoms. The summed E-state index contributed by atoms with van der Waals surface area (Å²) in [5, 5.41) is 8.33. The van der Waals surface area contributed by atoms with E-state index in [4.69, 9.17) is 4.42 Å². The SMILES string of the molecule is O=C([C@@H](Sc1nnc(-c2ccccc2)o1)c1ccccc1)N1CCCCC1. The molecule has 3 aromatic rings. The molecular formula is C21H21N3O2S. The van der Waals surface area contributed by atoms with Crippen LogP contribution in [0.1, 0.15) is 30.1 Å². The molecule has 1 aliphatic rings. The summed E-state index contributed by atoms with van der Waals surface area (Å²) in [6, 6.07) is 19.5. The fourth-order valence-corrected chi connectivity index (χ4v) is 4.18. The van der Waals surface area contributed by atoms with Crippen molar-refractivity contribution in [1.82, 2.24) is 15.1 Å². The van der Waals surface area contributed by atoms with E-state index in [1.165, 1.54) is 18.2 Å². The van der Waals surface area contributed by atoms with Crippen LogP contribution < -0.4 is 0 Å². The third kappa shape index (κ3) is 4.22. The van der Waals surface area contributed by atoms with Gasteiger partial charge in [0.2, 0.25) is 11.8 Å². The van der Waals surface area contributed by atoms with Gasteiger partial charge in [-0.3, -0.25) is 4.79 Å². The number of rotatable bonds is 5. The number of nitrogens with zero attached hydrogens (tertiary/aromatic N) is 3. The van der Waals surface area contributed by atoms with E-state index in [2.05, 4.69) is 10.2 Å². The zero-order valence-electron chi connectivity index (χ0n) is 15.0. The van der Waals surface area contributed by atoms with Crippen molar-refractivity contribution < 1.29 is 9.21 Å². The van der Waals surface area contributed by atoms with Crippen molar-refractivity contribution in [2.75, 3.05) is 13.1 Å². The smallest absolute Gasteiger partial charge is 0.277 e. The third-order valence-electron chi connectivity index (χ3n) is 4.64. The first-order valence-electron chi connectivity index (χ1n) is 9.20. The quantitative estimate of drug-likeness (QED) is 0.607. The van der Waals surface area contributed by atoms with E-state index in [0.29, 0.717) is 11.1 Å². The fourth-order valence-electron chi connectivity index (χ4n) is 3.22. The minimum atomic E-state index is -0.381. The fraction of sp³-hybridized carbons (Fsp3) is 0.286. The molecular weight excluding hydrogens is 358 g/mol. The number of carbonyl (C=O) groups is 1. The minimum Gasteiger partial charge on any atom is -0.411 e. The minimum absolute atomic E-state index is 0.116. The van der Waals surface area contributed by atoms with Crippen LogP contribution in [0.4, 0.5) is 0 Å². The Kier molecular flexibility index (Phi) is 5.53. The molecule has 0 aliphatic carbocycles. The highest BCUT2D eigenvalue weighted by molar-refractivity contribution is 8.00. The Morgan fingerprint density at radius 3 is 2.30 bits per heavy atom. The Labute approximate surface area is 162 Å². The Balaban J connectivity index is 1.58. The average molecular weight is 379 g/mol. The van der Waals surface area contributed by atoms with Crippen LogP contribution in [-0.2, 0) is 4.79 Å². The van der Waals surface area contributed by atoms with Gasteiger partial charge in [-0.15, -0.1) is 10.2 Å². The molecule has 0 saturated carbocycles. The number of aromatic nitrogens is 2. The first-order valence-corrected chi connectivity index (χ1v) is 10.1. The Morgan fingerprint density at radius 1 is 0.926 bits per heavy atom. The van der Waals surface area contributed by atoms with Gasteiger partial charge < -0.3 is 9.32 Å². The van der Waals surface area contributed by atoms with E-state index in [9.17, 15) is 4.79 Å². The average Bonchev–Trinajstić information content (AvgIpc) is 3.22. The van der Waals surface area contributed by atoms with Gasteiger partial charge in [0.05, 0.1) is 0 Å². The van der Waals surface area contributed by atoms with Crippen LogP contribution in [0.2, 0.25) is 0 Å². The molecule has 0 radical (unpaired) electrons. The van der Waals surface area contributed by atoms with Crippen molar-refractivity contribution in [3.63, 3.8) is 0 Å². The molecule has 1 atom stereocenters. The van der Waals surface area contributed by atoms with Gasteiger partial charge in [0, 0.05) is 18.7 Å². The standard InChI is InChI=1S/C21H21N3O2S/c25-20(24-14-8-3-9-15-24)18(16-10-4-1-5-11-16)27-21-23-22-19(26-21)17-12-6-2-7-13-17/h1-2,4-7,10-13,18H,3,8-9,14-15H2/t18-/m0/s1. The van der Waals surface area contributed by atoms with Gasteiger partial charge in [0.15, 0.2) is 0 Å². The van der Waals surface area contributed by atoms with Gasteiger partial charge in [-0.2, -0.15) is 0 Å². The van der Waals surface area contributed by atoms with Crippen molar-refractivity contribution in [2.45, 2.75) is 29.7 Å². The second-order valence-corrected chi connectivity index (χ2v) is 7.59. The van der Waals surface area contributed by atoms with E-state index in [-0.39, 0.29) is 11.2 Å². The monoisotopic (exact) mass is 379 g/mol. The van der Waals surface area contributed by atoms with E-state index < -0.39 is 0 Å². The zero-order valence-corrected chi connectivity index (χ0v) is 15.8. The van der Waals surface area contributed by atoms with Crippen LogP contribution in [0.15, 0.2) is 70.3 Å². The lowest BCUT2D eigenvalue weighted by Crippen LogP contribution is -2.38. The molecule has 6 heteroatoms. The number of hydrogen-bond acceptors (Lipinski definition) is 5. The maximum Gasteiger partial charge on any atom is 0.277 e. The normalized spacial score (nSPS) is 15.5. The topological polar surface area (TPSA) is 59.2 Å². The van der Waals surface area contributed by atoms with Gasteiger partial charge in [-0.1, -0.05) is 48.5 Å². The van der Waals surface area contributed by atoms with E-state index in [1.807, 2.05) is 65.6 Å². The van der Waals surface area contributed by atoms with Crippen molar-refractivity contribution >= 4 is 17.7 Å². The third-order valence-corrected chi connectivity index (χ3v) is 5.72. The van der Waals surface area contributed by atoms with Crippen molar-refractivity contribution in [2.24, 2.45) is 0 Å². The number of piperidine rings is 1. The van der Waals surface area contributed by atoms with Gasteiger partial charge in [0.1, 0.15) is 5.25 Å². The first kappa shape index (κ1) is 17.8. The lowest BCUT2D eigenvalue weighted by molar-refractivity contribution is -0.131. The van der Waals surface area contributed by atoms with Gasteiger partial charge in [0.25, 0.3) is 5.22 Å². The lowest BCUT2D eigenvalue weighted by atomic mass is 10.1. The summed E-state index contributed by atoms with van der Waals surface area (Å²) in [5.74, 6) is 0.584. The highest BCUT2D eigenvalue weighted by atomic mass is 32.2. The summed E-state index contributed by atoms with van der Waals surface area (Å²) in [4.78, 5) is 15.2. The summed E-state index contributed by atoms with van der Waals surface area (Å²) in [6.07, 6.45) is 3.32. The molecule has 138 valence electrons. The van der Waals surface area contributed by atoms with Crippen molar-refractivity contribution in [1.29, 1.82) is 0 Å². The number of amides is 1. The summed E-state index contributed by atoms with van der Waals surface area (Å²) in [5.41, 5.74) is 1.83. The summed E-state index contributed by atoms with van der Waals surface area (Å²) < 4.78 is 5.83. The van der Waals surface area contributed by atoms with Crippen LogP contribution in [-0.4, -0.2) is 34.1 Å². The summed E-state index contributed by atoms with van der Waals surface area (Å²) in [7, 11) is 0. The van der Waals surface area contributed by atoms with Crippen LogP contribution in [0, 0.1) is 0 Å². The molecule has 2 heterocycles. The van der Waals surface area contributed by atoms with Gasteiger partial charge in [-0.25, -0.2) is 0 Å². The summed E-state index contributed by atoms with van der Waals surface area (Å²) in [6.45, 7) is 1.64. The molecule has 5 nitrogen and oxygen atoms in total. The molecule has 1 fully saturated rings. The van der Waals surface area contributed by atoms with Crippen LogP contribution in [0.5, 0.6) is 0 Å². The zero-order chi connectivity index (χ0) is 18.5. The Morgan fingerprint density at radius 2 is 1.59 bits per heavy atom. The predicted octanol–water partition coefficient (Wildman–Crippen LogP) is 4.58.